The fraction of sp³-hybridized carbons (Fsp3) is 0.476. The molecule has 27 heavy (non-hydrogen) atoms. The molecule has 0 saturated carbocycles. The number of aryl methyl sites for hydroxylation is 1. The Morgan fingerprint density at radius 2 is 1.85 bits per heavy atom. The summed E-state index contributed by atoms with van der Waals surface area (Å²) in [4.78, 5) is 31.2. The fourth-order valence-corrected chi connectivity index (χ4v) is 3.34. The van der Waals surface area contributed by atoms with Crippen molar-refractivity contribution in [2.45, 2.75) is 52.9 Å². The van der Waals surface area contributed by atoms with E-state index in [0.717, 1.165) is 18.5 Å². The molecule has 1 aromatic carbocycles. The van der Waals surface area contributed by atoms with E-state index in [0.29, 0.717) is 17.2 Å². The molecule has 1 aromatic heterocycles. The predicted molar refractivity (Wildman–Crippen MR) is 111 cm³/mol. The molecule has 146 valence electrons. The number of nitrogens with zero attached hydrogens (tertiary/aromatic N) is 2. The summed E-state index contributed by atoms with van der Waals surface area (Å²) in [6, 6.07) is 7.68. The molecule has 0 saturated heterocycles. The van der Waals surface area contributed by atoms with Crippen LogP contribution in [0, 0.1) is 6.92 Å². The molecular formula is C21H29N3O2S. The molecule has 5 nitrogen and oxygen atoms in total. The Labute approximate surface area is 165 Å². The minimum atomic E-state index is -0.222. The first-order valence-electron chi connectivity index (χ1n) is 9.32. The van der Waals surface area contributed by atoms with E-state index in [1.165, 1.54) is 16.9 Å². The largest absolute Gasteiger partial charge is 0.329 e. The van der Waals surface area contributed by atoms with Crippen molar-refractivity contribution in [3.05, 3.63) is 46.5 Å². The van der Waals surface area contributed by atoms with Crippen molar-refractivity contribution in [2.24, 2.45) is 0 Å². The Balaban J connectivity index is 2.09. The van der Waals surface area contributed by atoms with E-state index in [9.17, 15) is 9.59 Å². The molecule has 0 radical (unpaired) electrons. The average molecular weight is 388 g/mol. The van der Waals surface area contributed by atoms with Gasteiger partial charge in [-0.15, -0.1) is 11.3 Å². The van der Waals surface area contributed by atoms with E-state index in [-0.39, 0.29) is 23.8 Å². The maximum Gasteiger partial charge on any atom is 0.254 e. The summed E-state index contributed by atoms with van der Waals surface area (Å²) in [5.74, 6) is -0.338. The molecule has 6 heteroatoms. The number of anilines is 1. The number of benzene rings is 1. The quantitative estimate of drug-likeness (QED) is 0.753. The number of carbonyl (C=O) groups is 2. The first-order chi connectivity index (χ1) is 12.7. The number of hydrogen-bond donors (Lipinski definition) is 1. The van der Waals surface area contributed by atoms with Gasteiger partial charge in [0.25, 0.3) is 5.91 Å². The molecule has 2 aromatic rings. The number of aromatic nitrogens is 1. The van der Waals surface area contributed by atoms with Crippen molar-refractivity contribution in [3.63, 3.8) is 0 Å². The Kier molecular flexibility index (Phi) is 7.13. The molecule has 0 aliphatic heterocycles. The summed E-state index contributed by atoms with van der Waals surface area (Å²) in [5.41, 5.74) is 2.69. The minimum absolute atomic E-state index is 0.0263. The van der Waals surface area contributed by atoms with Crippen LogP contribution in [0.15, 0.2) is 29.6 Å². The molecule has 0 unspecified atom stereocenters. The van der Waals surface area contributed by atoms with Gasteiger partial charge in [-0.05, 0) is 36.5 Å². The van der Waals surface area contributed by atoms with Gasteiger partial charge in [0.05, 0.1) is 5.69 Å². The van der Waals surface area contributed by atoms with Crippen molar-refractivity contribution in [3.8, 4) is 0 Å². The number of carbonyl (C=O) groups excluding carboxylic acids is 2. The highest BCUT2D eigenvalue weighted by Gasteiger charge is 2.20. The fourth-order valence-electron chi connectivity index (χ4n) is 2.64. The second-order valence-electron chi connectivity index (χ2n) is 7.75. The molecule has 2 rings (SSSR count). The van der Waals surface area contributed by atoms with Crippen LogP contribution >= 0.6 is 11.3 Å². The molecule has 1 N–H and O–H groups in total. The third-order valence-corrected chi connectivity index (χ3v) is 5.14. The van der Waals surface area contributed by atoms with Crippen LogP contribution in [-0.2, 0) is 10.2 Å². The smallest absolute Gasteiger partial charge is 0.254 e. The van der Waals surface area contributed by atoms with E-state index in [1.54, 1.807) is 4.90 Å². The van der Waals surface area contributed by atoms with Gasteiger partial charge in [0.2, 0.25) is 5.91 Å². The van der Waals surface area contributed by atoms with Crippen LogP contribution in [-0.4, -0.2) is 34.8 Å². The second kappa shape index (κ2) is 9.13. The van der Waals surface area contributed by atoms with E-state index in [4.69, 9.17) is 0 Å². The molecule has 1 heterocycles. The lowest BCUT2D eigenvalue weighted by molar-refractivity contribution is -0.116. The number of nitrogens with one attached hydrogen (secondary N) is 1. The average Bonchev–Trinajstić information content (AvgIpc) is 3.02. The zero-order valence-corrected chi connectivity index (χ0v) is 17.7. The molecule has 0 spiro atoms. The van der Waals surface area contributed by atoms with Gasteiger partial charge < -0.3 is 10.2 Å². The summed E-state index contributed by atoms with van der Waals surface area (Å²) < 4.78 is 0. The maximum absolute atomic E-state index is 12.9. The van der Waals surface area contributed by atoms with Crippen molar-refractivity contribution < 1.29 is 9.59 Å². The van der Waals surface area contributed by atoms with E-state index < -0.39 is 0 Å². The standard InChI is InChI=1S/C21H29N3O2S/c1-6-7-12-24(13-18(25)23-20-22-15(2)14-27-20)19(26)16-8-10-17(11-9-16)21(3,4)5/h8-11,14H,6-7,12-13H2,1-5H3,(H,22,23,25). The van der Waals surface area contributed by atoms with Gasteiger partial charge in [0.15, 0.2) is 5.13 Å². The Morgan fingerprint density at radius 1 is 1.19 bits per heavy atom. The molecule has 2 amide bonds. The molecule has 0 atom stereocenters. The summed E-state index contributed by atoms with van der Waals surface area (Å²) in [6.45, 7) is 11.0. The van der Waals surface area contributed by atoms with Gasteiger partial charge in [-0.3, -0.25) is 9.59 Å². The number of amides is 2. The summed E-state index contributed by atoms with van der Waals surface area (Å²) in [6.07, 6.45) is 1.81. The van der Waals surface area contributed by atoms with Crippen LogP contribution in [0.3, 0.4) is 0 Å². The van der Waals surface area contributed by atoms with Gasteiger partial charge in [-0.25, -0.2) is 4.98 Å². The summed E-state index contributed by atoms with van der Waals surface area (Å²) in [7, 11) is 0. The van der Waals surface area contributed by atoms with Crippen LogP contribution in [0.25, 0.3) is 0 Å². The number of rotatable bonds is 7. The zero-order chi connectivity index (χ0) is 20.0. The van der Waals surface area contributed by atoms with Crippen molar-refractivity contribution in [1.29, 1.82) is 0 Å². The van der Waals surface area contributed by atoms with Crippen LogP contribution in [0.4, 0.5) is 5.13 Å². The lowest BCUT2D eigenvalue weighted by Gasteiger charge is -2.23. The Hall–Kier alpha value is -2.21. The highest BCUT2D eigenvalue weighted by molar-refractivity contribution is 7.13. The van der Waals surface area contributed by atoms with E-state index in [2.05, 4.69) is 38.0 Å². The Morgan fingerprint density at radius 3 is 2.37 bits per heavy atom. The molecule has 0 aliphatic carbocycles. The zero-order valence-electron chi connectivity index (χ0n) is 16.8. The molecular weight excluding hydrogens is 358 g/mol. The van der Waals surface area contributed by atoms with Gasteiger partial charge in [0, 0.05) is 17.5 Å². The van der Waals surface area contributed by atoms with Crippen LogP contribution in [0.1, 0.15) is 62.2 Å². The molecule has 0 bridgehead atoms. The third-order valence-electron chi connectivity index (χ3n) is 4.27. The lowest BCUT2D eigenvalue weighted by atomic mass is 9.86. The van der Waals surface area contributed by atoms with Crippen LogP contribution < -0.4 is 5.32 Å². The number of unbranched alkanes of at least 4 members (excludes halogenated alkanes) is 1. The molecule has 0 fully saturated rings. The minimum Gasteiger partial charge on any atom is -0.329 e. The van der Waals surface area contributed by atoms with Crippen molar-refractivity contribution in [2.75, 3.05) is 18.4 Å². The van der Waals surface area contributed by atoms with Crippen molar-refractivity contribution >= 4 is 28.3 Å². The van der Waals surface area contributed by atoms with Crippen molar-refractivity contribution in [1.82, 2.24) is 9.88 Å². The van der Waals surface area contributed by atoms with E-state index >= 15 is 0 Å². The summed E-state index contributed by atoms with van der Waals surface area (Å²) >= 11 is 1.38. The maximum atomic E-state index is 12.9. The van der Waals surface area contributed by atoms with Crippen LogP contribution in [0.2, 0.25) is 0 Å². The monoisotopic (exact) mass is 387 g/mol. The third kappa shape index (κ3) is 6.17. The highest BCUT2D eigenvalue weighted by atomic mass is 32.1. The van der Waals surface area contributed by atoms with Crippen LogP contribution in [0.5, 0.6) is 0 Å². The lowest BCUT2D eigenvalue weighted by Crippen LogP contribution is -2.38. The number of hydrogen-bond acceptors (Lipinski definition) is 4. The normalized spacial score (nSPS) is 11.3. The Bertz CT molecular complexity index is 775. The number of thiazole rings is 1. The van der Waals surface area contributed by atoms with Gasteiger partial charge in [-0.2, -0.15) is 0 Å². The first kappa shape index (κ1) is 21.1. The predicted octanol–water partition coefficient (Wildman–Crippen LogP) is 4.63. The first-order valence-corrected chi connectivity index (χ1v) is 10.2. The highest BCUT2D eigenvalue weighted by Crippen LogP contribution is 2.22. The molecule has 0 aliphatic rings. The topological polar surface area (TPSA) is 62.3 Å². The van der Waals surface area contributed by atoms with Gasteiger partial charge in [0.1, 0.15) is 6.54 Å². The SMILES string of the molecule is CCCCN(CC(=O)Nc1nc(C)cs1)C(=O)c1ccc(C(C)(C)C)cc1. The van der Waals surface area contributed by atoms with Gasteiger partial charge >= 0.3 is 0 Å². The van der Waals surface area contributed by atoms with Gasteiger partial charge in [-0.1, -0.05) is 46.2 Å². The second-order valence-corrected chi connectivity index (χ2v) is 8.61. The summed E-state index contributed by atoms with van der Waals surface area (Å²) in [5, 5.41) is 5.23. The van der Waals surface area contributed by atoms with E-state index in [1.807, 2.05) is 36.6 Å².